The van der Waals surface area contributed by atoms with E-state index in [1.807, 2.05) is 23.1 Å². The molecule has 1 aliphatic rings. The predicted molar refractivity (Wildman–Crippen MR) is 85.9 cm³/mol. The molecule has 0 atom stereocenters. The number of carbonyl (C=O) groups is 2. The van der Waals surface area contributed by atoms with Gasteiger partial charge < -0.3 is 10.6 Å². The van der Waals surface area contributed by atoms with Gasteiger partial charge in [0.05, 0.1) is 5.41 Å². The van der Waals surface area contributed by atoms with E-state index in [4.69, 9.17) is 5.73 Å². The Hall–Kier alpha value is -1.88. The van der Waals surface area contributed by atoms with Gasteiger partial charge in [0.2, 0.25) is 11.8 Å². The summed E-state index contributed by atoms with van der Waals surface area (Å²) in [5.74, 6) is -0.410. The number of amides is 2. The lowest BCUT2D eigenvalue weighted by Crippen LogP contribution is -2.49. The molecule has 22 heavy (non-hydrogen) atoms. The number of nitrogens with two attached hydrogens (primary N) is 1. The second-order valence-electron chi connectivity index (χ2n) is 6.57. The van der Waals surface area contributed by atoms with Crippen LogP contribution in [0.25, 0.3) is 0 Å². The molecule has 2 rings (SSSR count). The molecule has 0 spiro atoms. The fourth-order valence-electron chi connectivity index (χ4n) is 2.57. The van der Waals surface area contributed by atoms with Crippen molar-refractivity contribution in [1.29, 1.82) is 0 Å². The SMILES string of the molecule is CC(C)(CC(=O)N1CCN(Cc2ccccc2)CC1)C(N)=O. The van der Waals surface area contributed by atoms with E-state index in [9.17, 15) is 9.59 Å². The highest BCUT2D eigenvalue weighted by atomic mass is 16.2. The lowest BCUT2D eigenvalue weighted by Gasteiger charge is -2.36. The molecule has 0 bridgehead atoms. The van der Waals surface area contributed by atoms with Crippen LogP contribution in [0.15, 0.2) is 30.3 Å². The summed E-state index contributed by atoms with van der Waals surface area (Å²) in [6.45, 7) is 7.49. The molecule has 0 radical (unpaired) electrons. The Bertz CT molecular complexity index is 520. The van der Waals surface area contributed by atoms with Gasteiger partial charge in [-0.25, -0.2) is 0 Å². The van der Waals surface area contributed by atoms with Crippen LogP contribution >= 0.6 is 0 Å². The van der Waals surface area contributed by atoms with Gasteiger partial charge in [0.1, 0.15) is 0 Å². The van der Waals surface area contributed by atoms with Gasteiger partial charge in [0, 0.05) is 39.1 Å². The number of carbonyl (C=O) groups excluding carboxylic acids is 2. The molecule has 120 valence electrons. The van der Waals surface area contributed by atoms with Gasteiger partial charge in [-0.1, -0.05) is 44.2 Å². The van der Waals surface area contributed by atoms with Gasteiger partial charge in [0.15, 0.2) is 0 Å². The molecule has 1 aliphatic heterocycles. The van der Waals surface area contributed by atoms with E-state index < -0.39 is 11.3 Å². The van der Waals surface area contributed by atoms with Crippen LogP contribution in [-0.4, -0.2) is 47.8 Å². The number of primary amides is 1. The first-order valence-corrected chi connectivity index (χ1v) is 7.72. The average molecular weight is 303 g/mol. The molecular weight excluding hydrogens is 278 g/mol. The second kappa shape index (κ2) is 6.92. The van der Waals surface area contributed by atoms with Crippen LogP contribution in [0.2, 0.25) is 0 Å². The van der Waals surface area contributed by atoms with E-state index in [-0.39, 0.29) is 12.3 Å². The summed E-state index contributed by atoms with van der Waals surface area (Å²) in [4.78, 5) is 27.8. The minimum Gasteiger partial charge on any atom is -0.369 e. The van der Waals surface area contributed by atoms with E-state index in [0.717, 1.165) is 19.6 Å². The molecule has 0 unspecified atom stereocenters. The highest BCUT2D eigenvalue weighted by molar-refractivity contribution is 5.87. The summed E-state index contributed by atoms with van der Waals surface area (Å²) < 4.78 is 0. The maximum absolute atomic E-state index is 12.3. The van der Waals surface area contributed by atoms with Crippen LogP contribution in [0.1, 0.15) is 25.8 Å². The zero-order valence-corrected chi connectivity index (χ0v) is 13.4. The van der Waals surface area contributed by atoms with E-state index >= 15 is 0 Å². The van der Waals surface area contributed by atoms with Crippen molar-refractivity contribution in [2.75, 3.05) is 26.2 Å². The third kappa shape index (κ3) is 4.31. The third-order valence-corrected chi connectivity index (χ3v) is 4.23. The van der Waals surface area contributed by atoms with E-state index in [0.29, 0.717) is 13.1 Å². The smallest absolute Gasteiger partial charge is 0.223 e. The molecule has 1 aromatic rings. The molecule has 1 saturated heterocycles. The molecule has 0 saturated carbocycles. The van der Waals surface area contributed by atoms with Gasteiger partial charge in [-0.15, -0.1) is 0 Å². The number of benzene rings is 1. The molecule has 0 aromatic heterocycles. The Labute approximate surface area is 132 Å². The zero-order chi connectivity index (χ0) is 16.2. The third-order valence-electron chi connectivity index (χ3n) is 4.23. The van der Waals surface area contributed by atoms with Crippen LogP contribution in [0, 0.1) is 5.41 Å². The number of rotatable bonds is 5. The minimum atomic E-state index is -0.780. The second-order valence-corrected chi connectivity index (χ2v) is 6.57. The average Bonchev–Trinajstić information content (AvgIpc) is 2.48. The van der Waals surface area contributed by atoms with Crippen molar-refractivity contribution in [2.24, 2.45) is 11.1 Å². The molecular formula is C17H25N3O2. The van der Waals surface area contributed by atoms with Crippen molar-refractivity contribution in [2.45, 2.75) is 26.8 Å². The van der Waals surface area contributed by atoms with Gasteiger partial charge in [0.25, 0.3) is 0 Å². The first-order valence-electron chi connectivity index (χ1n) is 7.72. The normalized spacial score (nSPS) is 16.5. The molecule has 5 nitrogen and oxygen atoms in total. The van der Waals surface area contributed by atoms with Gasteiger partial charge in [-0.3, -0.25) is 14.5 Å². The Morgan fingerprint density at radius 1 is 1.09 bits per heavy atom. The Morgan fingerprint density at radius 3 is 2.23 bits per heavy atom. The summed E-state index contributed by atoms with van der Waals surface area (Å²) in [7, 11) is 0. The van der Waals surface area contributed by atoms with Crippen LogP contribution in [0.5, 0.6) is 0 Å². The fourth-order valence-corrected chi connectivity index (χ4v) is 2.57. The Morgan fingerprint density at radius 2 is 1.68 bits per heavy atom. The summed E-state index contributed by atoms with van der Waals surface area (Å²) in [6.07, 6.45) is 0.182. The molecule has 1 fully saturated rings. The molecule has 2 N–H and O–H groups in total. The molecule has 1 aromatic carbocycles. The highest BCUT2D eigenvalue weighted by Crippen LogP contribution is 2.21. The van der Waals surface area contributed by atoms with Crippen LogP contribution < -0.4 is 5.73 Å². The Balaban J connectivity index is 1.82. The van der Waals surface area contributed by atoms with E-state index in [2.05, 4.69) is 17.0 Å². The zero-order valence-electron chi connectivity index (χ0n) is 13.4. The van der Waals surface area contributed by atoms with E-state index in [1.54, 1.807) is 13.8 Å². The van der Waals surface area contributed by atoms with Crippen molar-refractivity contribution in [1.82, 2.24) is 9.80 Å². The topological polar surface area (TPSA) is 66.6 Å². The summed E-state index contributed by atoms with van der Waals surface area (Å²) in [5, 5.41) is 0. The maximum atomic E-state index is 12.3. The Kier molecular flexibility index (Phi) is 5.19. The summed E-state index contributed by atoms with van der Waals surface area (Å²) >= 11 is 0. The maximum Gasteiger partial charge on any atom is 0.223 e. The quantitative estimate of drug-likeness (QED) is 0.890. The molecule has 0 aliphatic carbocycles. The van der Waals surface area contributed by atoms with Crippen molar-refractivity contribution >= 4 is 11.8 Å². The first kappa shape index (κ1) is 16.5. The predicted octanol–water partition coefficient (Wildman–Crippen LogP) is 1.23. The van der Waals surface area contributed by atoms with Crippen molar-refractivity contribution in [3.63, 3.8) is 0 Å². The number of hydrogen-bond donors (Lipinski definition) is 1. The monoisotopic (exact) mass is 303 g/mol. The van der Waals surface area contributed by atoms with Crippen molar-refractivity contribution < 1.29 is 9.59 Å². The summed E-state index contributed by atoms with van der Waals surface area (Å²) in [6, 6.07) is 10.3. The molecule has 1 heterocycles. The van der Waals surface area contributed by atoms with E-state index in [1.165, 1.54) is 5.56 Å². The highest BCUT2D eigenvalue weighted by Gasteiger charge is 2.31. The number of hydrogen-bond acceptors (Lipinski definition) is 3. The minimum absolute atomic E-state index is 0.0168. The number of piperazine rings is 1. The first-order chi connectivity index (χ1) is 10.4. The van der Waals surface area contributed by atoms with Crippen LogP contribution in [-0.2, 0) is 16.1 Å². The van der Waals surface area contributed by atoms with Crippen molar-refractivity contribution in [3.05, 3.63) is 35.9 Å². The van der Waals surface area contributed by atoms with Crippen molar-refractivity contribution in [3.8, 4) is 0 Å². The van der Waals surface area contributed by atoms with Gasteiger partial charge in [-0.2, -0.15) is 0 Å². The standard InChI is InChI=1S/C17H25N3O2/c1-17(2,16(18)22)12-15(21)20-10-8-19(9-11-20)13-14-6-4-3-5-7-14/h3-7H,8-13H2,1-2H3,(H2,18,22). The van der Waals surface area contributed by atoms with Gasteiger partial charge in [-0.05, 0) is 5.56 Å². The summed E-state index contributed by atoms with van der Waals surface area (Å²) in [5.41, 5.74) is 5.85. The lowest BCUT2D eigenvalue weighted by molar-refractivity contribution is -0.139. The largest absolute Gasteiger partial charge is 0.369 e. The fraction of sp³-hybridized carbons (Fsp3) is 0.529. The lowest BCUT2D eigenvalue weighted by atomic mass is 9.88. The van der Waals surface area contributed by atoms with Gasteiger partial charge >= 0.3 is 0 Å². The van der Waals surface area contributed by atoms with Crippen LogP contribution in [0.4, 0.5) is 0 Å². The molecule has 5 heteroatoms. The van der Waals surface area contributed by atoms with Crippen LogP contribution in [0.3, 0.4) is 0 Å². The number of nitrogens with zero attached hydrogens (tertiary/aromatic N) is 2. The molecule has 2 amide bonds.